The highest BCUT2D eigenvalue weighted by Gasteiger charge is 2.26. The van der Waals surface area contributed by atoms with Gasteiger partial charge < -0.3 is 25.0 Å². The molecule has 0 amide bonds. The third kappa shape index (κ3) is 4.42. The first kappa shape index (κ1) is 19.4. The van der Waals surface area contributed by atoms with Crippen LogP contribution in [0, 0.1) is 0 Å². The van der Waals surface area contributed by atoms with Gasteiger partial charge in [0.25, 0.3) is 0 Å². The van der Waals surface area contributed by atoms with Crippen molar-refractivity contribution in [2.24, 2.45) is 4.99 Å². The Balaban J connectivity index is 1.33. The first-order valence-electron chi connectivity index (χ1n) is 10.4. The molecule has 29 heavy (non-hydrogen) atoms. The van der Waals surface area contributed by atoms with E-state index in [9.17, 15) is 0 Å². The highest BCUT2D eigenvalue weighted by molar-refractivity contribution is 5.80. The van der Waals surface area contributed by atoms with Crippen LogP contribution in [0.3, 0.4) is 0 Å². The minimum absolute atomic E-state index is 0.355. The summed E-state index contributed by atoms with van der Waals surface area (Å²) in [6.07, 6.45) is 2.09. The van der Waals surface area contributed by atoms with Crippen molar-refractivity contribution in [2.75, 3.05) is 45.3 Å². The molecule has 0 aliphatic carbocycles. The summed E-state index contributed by atoms with van der Waals surface area (Å²) in [4.78, 5) is 6.82. The molecule has 1 saturated heterocycles. The van der Waals surface area contributed by atoms with Crippen molar-refractivity contribution in [2.45, 2.75) is 24.8 Å². The zero-order chi connectivity index (χ0) is 20.1. The fourth-order valence-corrected chi connectivity index (χ4v) is 4.22. The third-order valence-electron chi connectivity index (χ3n) is 5.78. The molecule has 0 bridgehead atoms. The lowest BCUT2D eigenvalue weighted by Gasteiger charge is -2.27. The summed E-state index contributed by atoms with van der Waals surface area (Å²) in [5.74, 6) is 3.23. The summed E-state index contributed by atoms with van der Waals surface area (Å²) in [7, 11) is 3.56. The monoisotopic (exact) mass is 394 g/mol. The summed E-state index contributed by atoms with van der Waals surface area (Å²) in [6.45, 7) is 3.55. The predicted molar refractivity (Wildman–Crippen MR) is 117 cm³/mol. The molecule has 2 N–H and O–H groups in total. The van der Waals surface area contributed by atoms with Crippen molar-refractivity contribution < 1.29 is 9.47 Å². The smallest absolute Gasteiger partial charge is 0.191 e. The summed E-state index contributed by atoms with van der Waals surface area (Å²) in [5.41, 5.74) is 2.44. The second-order valence-corrected chi connectivity index (χ2v) is 7.57. The molecule has 2 unspecified atom stereocenters. The SMILES string of the molecule is CN=C(NCC1CCOc2ccccc21)NC1CCN(c2ccccc2OC)C1. The molecule has 2 atom stereocenters. The lowest BCUT2D eigenvalue weighted by molar-refractivity contribution is 0.267. The number of hydrogen-bond donors (Lipinski definition) is 2. The normalized spacial score (nSPS) is 21.3. The van der Waals surface area contributed by atoms with Crippen LogP contribution >= 0.6 is 0 Å². The number of rotatable bonds is 5. The predicted octanol–water partition coefficient (Wildman–Crippen LogP) is 3.01. The number of benzene rings is 2. The molecule has 2 aromatic rings. The number of guanidine groups is 1. The highest BCUT2D eigenvalue weighted by atomic mass is 16.5. The second-order valence-electron chi connectivity index (χ2n) is 7.57. The standard InChI is InChI=1S/C23H30N4O2/c1-24-23(25-15-17-12-14-29-21-9-5-3-7-19(17)21)26-18-11-13-27(16-18)20-8-4-6-10-22(20)28-2/h3-10,17-18H,11-16H2,1-2H3,(H2,24,25,26). The molecule has 2 aromatic carbocycles. The molecule has 2 aliphatic rings. The van der Waals surface area contributed by atoms with Crippen molar-refractivity contribution >= 4 is 11.6 Å². The summed E-state index contributed by atoms with van der Waals surface area (Å²) in [6, 6.07) is 16.9. The van der Waals surface area contributed by atoms with Crippen LogP contribution in [0.4, 0.5) is 5.69 Å². The lowest BCUT2D eigenvalue weighted by atomic mass is 9.93. The first-order chi connectivity index (χ1) is 14.3. The lowest BCUT2D eigenvalue weighted by Crippen LogP contribution is -2.46. The van der Waals surface area contributed by atoms with Crippen LogP contribution < -0.4 is 25.0 Å². The van der Waals surface area contributed by atoms with Crippen LogP contribution in [-0.4, -0.2) is 52.4 Å². The molecule has 0 aromatic heterocycles. The Labute approximate surface area is 172 Å². The Morgan fingerprint density at radius 1 is 1.17 bits per heavy atom. The van der Waals surface area contributed by atoms with E-state index in [1.165, 1.54) is 5.56 Å². The molecule has 0 radical (unpaired) electrons. The quantitative estimate of drug-likeness (QED) is 0.603. The maximum absolute atomic E-state index is 5.78. The van der Waals surface area contributed by atoms with Gasteiger partial charge in [-0.3, -0.25) is 4.99 Å². The topological polar surface area (TPSA) is 58.1 Å². The van der Waals surface area contributed by atoms with Gasteiger partial charge in [0, 0.05) is 38.6 Å². The van der Waals surface area contributed by atoms with Crippen molar-refractivity contribution in [1.82, 2.24) is 10.6 Å². The summed E-state index contributed by atoms with van der Waals surface area (Å²) in [5, 5.41) is 7.12. The van der Waals surface area contributed by atoms with Crippen LogP contribution in [0.1, 0.15) is 24.3 Å². The number of methoxy groups -OCH3 is 1. The van der Waals surface area contributed by atoms with Crippen molar-refractivity contribution in [3.8, 4) is 11.5 Å². The van der Waals surface area contributed by atoms with Gasteiger partial charge in [-0.2, -0.15) is 0 Å². The van der Waals surface area contributed by atoms with Crippen LogP contribution in [0.5, 0.6) is 11.5 Å². The van der Waals surface area contributed by atoms with Gasteiger partial charge in [-0.25, -0.2) is 0 Å². The number of fused-ring (bicyclic) bond motifs is 1. The van der Waals surface area contributed by atoms with E-state index < -0.39 is 0 Å². The summed E-state index contributed by atoms with van der Waals surface area (Å²) >= 11 is 0. The fraction of sp³-hybridized carbons (Fsp3) is 0.435. The van der Waals surface area contributed by atoms with Crippen LogP contribution in [-0.2, 0) is 0 Å². The average Bonchev–Trinajstić information content (AvgIpc) is 3.25. The number of ether oxygens (including phenoxy) is 2. The summed E-state index contributed by atoms with van der Waals surface area (Å²) < 4.78 is 11.3. The minimum atomic E-state index is 0.355. The van der Waals surface area contributed by atoms with E-state index >= 15 is 0 Å². The second kappa shape index (κ2) is 9.07. The average molecular weight is 395 g/mol. The first-order valence-corrected chi connectivity index (χ1v) is 10.4. The highest BCUT2D eigenvalue weighted by Crippen LogP contribution is 2.33. The minimum Gasteiger partial charge on any atom is -0.495 e. The van der Waals surface area contributed by atoms with E-state index in [0.29, 0.717) is 12.0 Å². The Kier molecular flexibility index (Phi) is 6.08. The number of anilines is 1. The van der Waals surface area contributed by atoms with Gasteiger partial charge in [0.1, 0.15) is 11.5 Å². The molecule has 2 heterocycles. The third-order valence-corrected chi connectivity index (χ3v) is 5.78. The van der Waals surface area contributed by atoms with Gasteiger partial charge in [-0.15, -0.1) is 0 Å². The van der Waals surface area contributed by atoms with E-state index in [-0.39, 0.29) is 0 Å². The van der Waals surface area contributed by atoms with E-state index in [4.69, 9.17) is 9.47 Å². The molecule has 1 fully saturated rings. The molecule has 6 nitrogen and oxygen atoms in total. The van der Waals surface area contributed by atoms with Crippen molar-refractivity contribution in [3.05, 3.63) is 54.1 Å². The number of nitrogens with one attached hydrogen (secondary N) is 2. The molecule has 4 rings (SSSR count). The number of hydrogen-bond acceptors (Lipinski definition) is 4. The number of para-hydroxylation sites is 3. The van der Waals surface area contributed by atoms with Gasteiger partial charge in [0.2, 0.25) is 0 Å². The number of nitrogens with zero attached hydrogens (tertiary/aromatic N) is 2. The maximum Gasteiger partial charge on any atom is 0.191 e. The molecule has 2 aliphatic heterocycles. The van der Waals surface area contributed by atoms with Crippen LogP contribution in [0.15, 0.2) is 53.5 Å². The van der Waals surface area contributed by atoms with E-state index in [1.54, 1.807) is 7.11 Å². The maximum atomic E-state index is 5.78. The Morgan fingerprint density at radius 2 is 2.00 bits per heavy atom. The van der Waals surface area contributed by atoms with Crippen LogP contribution in [0.25, 0.3) is 0 Å². The van der Waals surface area contributed by atoms with Crippen molar-refractivity contribution in [1.29, 1.82) is 0 Å². The Bertz CT molecular complexity index is 854. The number of aliphatic imine (C=N–C) groups is 1. The van der Waals surface area contributed by atoms with Crippen LogP contribution in [0.2, 0.25) is 0 Å². The largest absolute Gasteiger partial charge is 0.495 e. The molecule has 0 saturated carbocycles. The fourth-order valence-electron chi connectivity index (χ4n) is 4.22. The molecule has 6 heteroatoms. The van der Waals surface area contributed by atoms with Gasteiger partial charge in [0.05, 0.1) is 19.4 Å². The van der Waals surface area contributed by atoms with E-state index in [2.05, 4.69) is 50.9 Å². The van der Waals surface area contributed by atoms with E-state index in [1.807, 2.05) is 25.2 Å². The van der Waals surface area contributed by atoms with Crippen molar-refractivity contribution in [3.63, 3.8) is 0 Å². The zero-order valence-corrected chi connectivity index (χ0v) is 17.2. The van der Waals surface area contributed by atoms with Gasteiger partial charge in [-0.05, 0) is 36.6 Å². The molecule has 0 spiro atoms. The van der Waals surface area contributed by atoms with Gasteiger partial charge in [-0.1, -0.05) is 30.3 Å². The Morgan fingerprint density at radius 3 is 2.86 bits per heavy atom. The molecular formula is C23H30N4O2. The Hall–Kier alpha value is -2.89. The van der Waals surface area contributed by atoms with Gasteiger partial charge >= 0.3 is 0 Å². The molecular weight excluding hydrogens is 364 g/mol. The van der Waals surface area contributed by atoms with E-state index in [0.717, 1.165) is 62.2 Å². The molecule has 154 valence electrons. The zero-order valence-electron chi connectivity index (χ0n) is 17.2. The van der Waals surface area contributed by atoms with Gasteiger partial charge in [0.15, 0.2) is 5.96 Å².